The van der Waals surface area contributed by atoms with Crippen LogP contribution in [0.1, 0.15) is 60.3 Å². The Labute approximate surface area is 89.9 Å². The third-order valence-corrected chi connectivity index (χ3v) is 3.62. The summed E-state index contributed by atoms with van der Waals surface area (Å²) in [5.74, 6) is 0. The molecule has 0 atom stereocenters. The summed E-state index contributed by atoms with van der Waals surface area (Å²) < 4.78 is 0. The Bertz CT molecular complexity index is 182. The van der Waals surface area contributed by atoms with Gasteiger partial charge in [-0.2, -0.15) is 0 Å². The molecule has 0 bridgehead atoms. The number of rotatable bonds is 4. The van der Waals surface area contributed by atoms with Gasteiger partial charge in [0, 0.05) is 12.1 Å². The van der Waals surface area contributed by atoms with Crippen LogP contribution in [0.25, 0.3) is 0 Å². The second-order valence-corrected chi connectivity index (χ2v) is 6.25. The van der Waals surface area contributed by atoms with Gasteiger partial charge in [0.25, 0.3) is 0 Å². The lowest BCUT2D eigenvalue weighted by molar-refractivity contribution is 0.108. The van der Waals surface area contributed by atoms with Gasteiger partial charge in [-0.05, 0) is 45.1 Å². The molecule has 0 spiro atoms. The van der Waals surface area contributed by atoms with Crippen LogP contribution in [0.3, 0.4) is 0 Å². The summed E-state index contributed by atoms with van der Waals surface area (Å²) in [6.45, 7) is 14.5. The number of hydrogen-bond donors (Lipinski definition) is 0. The fraction of sp³-hybridized carbons (Fsp3) is 1.00. The zero-order valence-electron chi connectivity index (χ0n) is 10.7. The van der Waals surface area contributed by atoms with Gasteiger partial charge in [-0.1, -0.05) is 27.2 Å². The molecule has 0 aromatic carbocycles. The van der Waals surface area contributed by atoms with Crippen LogP contribution in [-0.2, 0) is 0 Å². The second kappa shape index (κ2) is 4.22. The molecular formula is C13H27N. The highest BCUT2D eigenvalue weighted by atomic mass is 15.2. The minimum absolute atomic E-state index is 0.449. The Balaban J connectivity index is 2.51. The Hall–Kier alpha value is -0.0400. The van der Waals surface area contributed by atoms with E-state index in [1.54, 1.807) is 0 Å². The fourth-order valence-corrected chi connectivity index (χ4v) is 2.73. The maximum absolute atomic E-state index is 2.68. The first kappa shape index (κ1) is 12.0. The maximum Gasteiger partial charge on any atom is 0.0153 e. The van der Waals surface area contributed by atoms with Crippen molar-refractivity contribution >= 4 is 0 Å². The molecule has 1 aliphatic rings. The van der Waals surface area contributed by atoms with Gasteiger partial charge in [-0.3, -0.25) is 4.90 Å². The minimum atomic E-state index is 0.449. The number of likely N-dealkylation sites (tertiary alicyclic amines) is 1. The summed E-state index contributed by atoms with van der Waals surface area (Å²) in [6, 6.07) is 0. The largest absolute Gasteiger partial charge is 0.298 e. The van der Waals surface area contributed by atoms with Crippen molar-refractivity contribution in [3.8, 4) is 0 Å². The van der Waals surface area contributed by atoms with Gasteiger partial charge in [-0.15, -0.1) is 0 Å². The quantitative estimate of drug-likeness (QED) is 0.664. The standard InChI is InChI=1S/C13H27N/c1-6-8-12(2,3)11-14-10-7-9-13(14,4)5/h6-11H2,1-5H3. The Kier molecular flexibility index (Phi) is 3.63. The van der Waals surface area contributed by atoms with Gasteiger partial charge in [0.1, 0.15) is 0 Å². The molecule has 84 valence electrons. The Morgan fingerprint density at radius 3 is 2.36 bits per heavy atom. The molecule has 0 amide bonds. The summed E-state index contributed by atoms with van der Waals surface area (Å²) in [5.41, 5.74) is 0.946. The van der Waals surface area contributed by atoms with Crippen LogP contribution in [0, 0.1) is 5.41 Å². The van der Waals surface area contributed by atoms with E-state index in [1.165, 1.54) is 38.8 Å². The highest BCUT2D eigenvalue weighted by molar-refractivity contribution is 4.90. The van der Waals surface area contributed by atoms with Gasteiger partial charge in [-0.25, -0.2) is 0 Å². The monoisotopic (exact) mass is 197 g/mol. The Morgan fingerprint density at radius 1 is 1.29 bits per heavy atom. The van der Waals surface area contributed by atoms with Crippen LogP contribution in [0.5, 0.6) is 0 Å². The van der Waals surface area contributed by atoms with Crippen LogP contribution in [0.4, 0.5) is 0 Å². The van der Waals surface area contributed by atoms with E-state index in [0.29, 0.717) is 11.0 Å². The molecule has 1 aliphatic heterocycles. The molecule has 0 saturated carbocycles. The summed E-state index contributed by atoms with van der Waals surface area (Å²) >= 11 is 0. The molecule has 1 saturated heterocycles. The molecule has 0 N–H and O–H groups in total. The fourth-order valence-electron chi connectivity index (χ4n) is 2.73. The van der Waals surface area contributed by atoms with E-state index in [2.05, 4.69) is 39.5 Å². The molecule has 0 aromatic heterocycles. The lowest BCUT2D eigenvalue weighted by Gasteiger charge is -2.38. The zero-order valence-corrected chi connectivity index (χ0v) is 10.7. The molecule has 0 radical (unpaired) electrons. The molecule has 1 heteroatoms. The summed E-state index contributed by atoms with van der Waals surface area (Å²) in [4.78, 5) is 2.68. The Morgan fingerprint density at radius 2 is 1.93 bits per heavy atom. The number of nitrogens with zero attached hydrogens (tertiary/aromatic N) is 1. The van der Waals surface area contributed by atoms with Crippen molar-refractivity contribution in [3.63, 3.8) is 0 Å². The first-order valence-corrected chi connectivity index (χ1v) is 6.12. The van der Waals surface area contributed by atoms with E-state index in [-0.39, 0.29) is 0 Å². The third-order valence-electron chi connectivity index (χ3n) is 3.62. The van der Waals surface area contributed by atoms with Gasteiger partial charge in [0.15, 0.2) is 0 Å². The average Bonchev–Trinajstić information content (AvgIpc) is 2.29. The van der Waals surface area contributed by atoms with E-state index >= 15 is 0 Å². The van der Waals surface area contributed by atoms with Crippen molar-refractivity contribution in [1.29, 1.82) is 0 Å². The van der Waals surface area contributed by atoms with Crippen molar-refractivity contribution < 1.29 is 0 Å². The predicted octanol–water partition coefficient (Wildman–Crippen LogP) is 3.69. The highest BCUT2D eigenvalue weighted by Gasteiger charge is 2.34. The summed E-state index contributed by atoms with van der Waals surface area (Å²) in [7, 11) is 0. The maximum atomic E-state index is 2.68. The topological polar surface area (TPSA) is 3.24 Å². The second-order valence-electron chi connectivity index (χ2n) is 6.25. The molecular weight excluding hydrogens is 170 g/mol. The lowest BCUT2D eigenvalue weighted by atomic mass is 9.86. The van der Waals surface area contributed by atoms with Crippen LogP contribution in [-0.4, -0.2) is 23.5 Å². The predicted molar refractivity (Wildman–Crippen MR) is 63.6 cm³/mol. The van der Waals surface area contributed by atoms with Gasteiger partial charge in [0.2, 0.25) is 0 Å². The lowest BCUT2D eigenvalue weighted by Crippen LogP contribution is -2.43. The molecule has 1 rings (SSSR count). The molecule has 1 fully saturated rings. The summed E-state index contributed by atoms with van der Waals surface area (Å²) in [5, 5.41) is 0. The molecule has 0 unspecified atom stereocenters. The van der Waals surface area contributed by atoms with E-state index in [9.17, 15) is 0 Å². The van der Waals surface area contributed by atoms with E-state index in [0.717, 1.165) is 0 Å². The normalized spacial score (nSPS) is 22.9. The van der Waals surface area contributed by atoms with E-state index < -0.39 is 0 Å². The van der Waals surface area contributed by atoms with Gasteiger partial charge < -0.3 is 0 Å². The molecule has 1 nitrogen and oxygen atoms in total. The van der Waals surface area contributed by atoms with Crippen molar-refractivity contribution in [1.82, 2.24) is 4.90 Å². The number of hydrogen-bond acceptors (Lipinski definition) is 1. The molecule has 0 aromatic rings. The van der Waals surface area contributed by atoms with Crippen LogP contribution in [0.2, 0.25) is 0 Å². The molecule has 14 heavy (non-hydrogen) atoms. The molecule has 1 heterocycles. The van der Waals surface area contributed by atoms with E-state index in [1.807, 2.05) is 0 Å². The zero-order chi connectivity index (χ0) is 10.8. The third kappa shape index (κ3) is 2.98. The van der Waals surface area contributed by atoms with Gasteiger partial charge >= 0.3 is 0 Å². The first-order valence-electron chi connectivity index (χ1n) is 6.12. The molecule has 0 aliphatic carbocycles. The van der Waals surface area contributed by atoms with Crippen LogP contribution in [0.15, 0.2) is 0 Å². The van der Waals surface area contributed by atoms with Gasteiger partial charge in [0.05, 0.1) is 0 Å². The van der Waals surface area contributed by atoms with E-state index in [4.69, 9.17) is 0 Å². The SMILES string of the molecule is CCCC(C)(C)CN1CCCC1(C)C. The summed E-state index contributed by atoms with van der Waals surface area (Å²) in [6.07, 6.45) is 5.41. The highest BCUT2D eigenvalue weighted by Crippen LogP contribution is 2.33. The van der Waals surface area contributed by atoms with Crippen molar-refractivity contribution in [2.45, 2.75) is 65.8 Å². The van der Waals surface area contributed by atoms with Crippen LogP contribution >= 0.6 is 0 Å². The minimum Gasteiger partial charge on any atom is -0.298 e. The van der Waals surface area contributed by atoms with Crippen molar-refractivity contribution in [2.24, 2.45) is 5.41 Å². The average molecular weight is 197 g/mol. The van der Waals surface area contributed by atoms with Crippen LogP contribution < -0.4 is 0 Å². The van der Waals surface area contributed by atoms with Crippen molar-refractivity contribution in [2.75, 3.05) is 13.1 Å². The van der Waals surface area contributed by atoms with Crippen molar-refractivity contribution in [3.05, 3.63) is 0 Å². The first-order chi connectivity index (χ1) is 6.37. The smallest absolute Gasteiger partial charge is 0.0153 e.